The molecule has 120 valence electrons. The van der Waals surface area contributed by atoms with Crippen molar-refractivity contribution >= 4 is 5.78 Å². The first-order chi connectivity index (χ1) is 10.9. The molecule has 1 aliphatic rings. The highest BCUT2D eigenvalue weighted by atomic mass is 16.5. The van der Waals surface area contributed by atoms with E-state index < -0.39 is 5.92 Å². The summed E-state index contributed by atoms with van der Waals surface area (Å²) in [7, 11) is 3.06. The summed E-state index contributed by atoms with van der Waals surface area (Å²) in [6.07, 6.45) is 0. The maximum Gasteiger partial charge on any atom is 0.205 e. The van der Waals surface area contributed by atoms with E-state index in [1.54, 1.807) is 25.1 Å². The molecule has 0 aliphatic carbocycles. The summed E-state index contributed by atoms with van der Waals surface area (Å²) in [6, 6.07) is 7.24. The molecule has 0 spiro atoms. The molecule has 1 aromatic rings. The van der Waals surface area contributed by atoms with Gasteiger partial charge in [-0.2, -0.15) is 5.26 Å². The Morgan fingerprint density at radius 2 is 2.04 bits per heavy atom. The molecule has 23 heavy (non-hydrogen) atoms. The normalized spacial score (nSPS) is 17.4. The molecule has 0 aromatic heterocycles. The molecule has 0 bridgehead atoms. The van der Waals surface area contributed by atoms with Crippen molar-refractivity contribution in [1.82, 2.24) is 0 Å². The third-order valence-electron chi connectivity index (χ3n) is 3.73. The highest BCUT2D eigenvalue weighted by molar-refractivity contribution is 5.97. The predicted octanol–water partition coefficient (Wildman–Crippen LogP) is 2.37. The fraction of sp³-hybridized carbons (Fsp3) is 0.294. The van der Waals surface area contributed by atoms with Crippen LogP contribution in [-0.2, 0) is 9.53 Å². The standard InChI is InChI=1S/C17H18N2O4/c1-9(20)15-10(2)23-17(19)13(8-18)16(15)12-7-11(21-3)5-6-14(12)22-4/h5-7,16H,19H2,1-4H3/t16-/m0/s1. The van der Waals surface area contributed by atoms with Crippen LogP contribution >= 0.6 is 0 Å². The molecule has 0 fully saturated rings. The number of benzene rings is 1. The number of ether oxygens (including phenoxy) is 3. The largest absolute Gasteiger partial charge is 0.497 e. The minimum Gasteiger partial charge on any atom is -0.497 e. The van der Waals surface area contributed by atoms with Gasteiger partial charge in [0.25, 0.3) is 0 Å². The first-order valence-corrected chi connectivity index (χ1v) is 6.95. The molecule has 1 aromatic carbocycles. The van der Waals surface area contributed by atoms with Crippen LogP contribution < -0.4 is 15.2 Å². The van der Waals surface area contributed by atoms with Crippen molar-refractivity contribution in [2.45, 2.75) is 19.8 Å². The van der Waals surface area contributed by atoms with Gasteiger partial charge < -0.3 is 19.9 Å². The average Bonchev–Trinajstić information content (AvgIpc) is 2.53. The Morgan fingerprint density at radius 1 is 1.35 bits per heavy atom. The number of hydrogen-bond acceptors (Lipinski definition) is 6. The van der Waals surface area contributed by atoms with Crippen LogP contribution in [-0.4, -0.2) is 20.0 Å². The lowest BCUT2D eigenvalue weighted by molar-refractivity contribution is -0.114. The number of Topliss-reactive ketones (excluding diaryl/α,β-unsaturated/α-hetero) is 1. The average molecular weight is 314 g/mol. The molecule has 2 rings (SSSR count). The van der Waals surface area contributed by atoms with Gasteiger partial charge in [0.15, 0.2) is 5.78 Å². The van der Waals surface area contributed by atoms with E-state index in [2.05, 4.69) is 0 Å². The maximum atomic E-state index is 12.1. The fourth-order valence-electron chi connectivity index (χ4n) is 2.71. The molecule has 6 heteroatoms. The number of allylic oxidation sites excluding steroid dienone is 3. The summed E-state index contributed by atoms with van der Waals surface area (Å²) in [4.78, 5) is 12.1. The van der Waals surface area contributed by atoms with Gasteiger partial charge in [0.05, 0.1) is 20.1 Å². The van der Waals surface area contributed by atoms with Crippen LogP contribution in [0.15, 0.2) is 41.0 Å². The van der Waals surface area contributed by atoms with E-state index in [4.69, 9.17) is 19.9 Å². The number of nitrogens with two attached hydrogens (primary N) is 1. The number of nitrogens with zero attached hydrogens (tertiary/aromatic N) is 1. The van der Waals surface area contributed by atoms with Crippen molar-refractivity contribution in [2.24, 2.45) is 5.73 Å². The molecule has 0 unspecified atom stereocenters. The zero-order chi connectivity index (χ0) is 17.1. The number of carbonyl (C=O) groups is 1. The van der Waals surface area contributed by atoms with Gasteiger partial charge in [-0.15, -0.1) is 0 Å². The number of rotatable bonds is 4. The van der Waals surface area contributed by atoms with Crippen molar-refractivity contribution in [3.63, 3.8) is 0 Å². The molecule has 2 N–H and O–H groups in total. The van der Waals surface area contributed by atoms with Crippen molar-refractivity contribution in [3.05, 3.63) is 46.6 Å². The smallest absolute Gasteiger partial charge is 0.205 e. The van der Waals surface area contributed by atoms with Gasteiger partial charge in [0, 0.05) is 11.1 Å². The minimum atomic E-state index is -0.656. The Bertz CT molecular complexity index is 756. The van der Waals surface area contributed by atoms with Crippen LogP contribution in [0.3, 0.4) is 0 Å². The topological polar surface area (TPSA) is 94.6 Å². The molecule has 0 amide bonds. The van der Waals surface area contributed by atoms with Crippen LogP contribution in [0.4, 0.5) is 0 Å². The van der Waals surface area contributed by atoms with Crippen molar-refractivity contribution in [2.75, 3.05) is 14.2 Å². The first kappa shape index (κ1) is 16.4. The Morgan fingerprint density at radius 3 is 2.57 bits per heavy atom. The van der Waals surface area contributed by atoms with Gasteiger partial charge in [-0.3, -0.25) is 4.79 Å². The fourth-order valence-corrected chi connectivity index (χ4v) is 2.71. The van der Waals surface area contributed by atoms with E-state index in [1.165, 1.54) is 21.1 Å². The predicted molar refractivity (Wildman–Crippen MR) is 83.6 cm³/mol. The van der Waals surface area contributed by atoms with E-state index in [0.29, 0.717) is 28.4 Å². The molecular formula is C17H18N2O4. The molecule has 1 heterocycles. The summed E-state index contributed by atoms with van der Waals surface area (Å²) in [5.74, 6) is 0.635. The molecule has 6 nitrogen and oxygen atoms in total. The van der Waals surface area contributed by atoms with Crippen LogP contribution in [0.25, 0.3) is 0 Å². The second-order valence-corrected chi connectivity index (χ2v) is 5.06. The molecule has 0 saturated carbocycles. The first-order valence-electron chi connectivity index (χ1n) is 6.95. The van der Waals surface area contributed by atoms with E-state index in [9.17, 15) is 10.1 Å². The van der Waals surface area contributed by atoms with Crippen molar-refractivity contribution in [3.8, 4) is 17.6 Å². The summed E-state index contributed by atoms with van der Waals surface area (Å²) in [5.41, 5.74) is 7.02. The van der Waals surface area contributed by atoms with Gasteiger partial charge in [0.1, 0.15) is 28.9 Å². The lowest BCUT2D eigenvalue weighted by Crippen LogP contribution is -2.23. The molecule has 0 saturated heterocycles. The van der Waals surface area contributed by atoms with E-state index in [1.807, 2.05) is 6.07 Å². The third kappa shape index (κ3) is 2.86. The SMILES string of the molecule is COc1ccc(OC)c([C@H]2C(C#N)=C(N)OC(C)=C2C(C)=O)c1. The Labute approximate surface area is 134 Å². The summed E-state index contributed by atoms with van der Waals surface area (Å²) in [5, 5.41) is 9.50. The number of ketones is 1. The lowest BCUT2D eigenvalue weighted by atomic mass is 9.81. The Hall–Kier alpha value is -2.94. The van der Waals surface area contributed by atoms with Crippen LogP contribution in [0, 0.1) is 11.3 Å². The second-order valence-electron chi connectivity index (χ2n) is 5.06. The highest BCUT2D eigenvalue weighted by Gasteiger charge is 2.35. The van der Waals surface area contributed by atoms with E-state index in [0.717, 1.165) is 0 Å². The molecular weight excluding hydrogens is 296 g/mol. The van der Waals surface area contributed by atoms with E-state index >= 15 is 0 Å². The highest BCUT2D eigenvalue weighted by Crippen LogP contribution is 2.43. The van der Waals surface area contributed by atoms with Gasteiger partial charge in [-0.1, -0.05) is 0 Å². The number of methoxy groups -OCH3 is 2. The minimum absolute atomic E-state index is 0.00938. The number of nitriles is 1. The number of carbonyl (C=O) groups excluding carboxylic acids is 1. The number of hydrogen-bond donors (Lipinski definition) is 1. The van der Waals surface area contributed by atoms with Gasteiger partial charge >= 0.3 is 0 Å². The molecule has 1 atom stereocenters. The molecule has 1 aliphatic heterocycles. The zero-order valence-electron chi connectivity index (χ0n) is 13.5. The van der Waals surface area contributed by atoms with Crippen molar-refractivity contribution in [1.29, 1.82) is 5.26 Å². The summed E-state index contributed by atoms with van der Waals surface area (Å²) >= 11 is 0. The van der Waals surface area contributed by atoms with Crippen molar-refractivity contribution < 1.29 is 19.0 Å². The van der Waals surface area contributed by atoms with Gasteiger partial charge in [-0.25, -0.2) is 0 Å². The van der Waals surface area contributed by atoms with Gasteiger partial charge in [0.2, 0.25) is 5.88 Å². The molecule has 0 radical (unpaired) electrons. The Kier molecular flexibility index (Phi) is 4.60. The van der Waals surface area contributed by atoms with Crippen LogP contribution in [0.5, 0.6) is 11.5 Å². The van der Waals surface area contributed by atoms with E-state index in [-0.39, 0.29) is 17.2 Å². The quantitative estimate of drug-likeness (QED) is 0.917. The Balaban J connectivity index is 2.76. The summed E-state index contributed by atoms with van der Waals surface area (Å²) in [6.45, 7) is 3.08. The maximum absolute atomic E-state index is 12.1. The van der Waals surface area contributed by atoms with Crippen LogP contribution in [0.2, 0.25) is 0 Å². The summed E-state index contributed by atoms with van der Waals surface area (Å²) < 4.78 is 16.0. The monoisotopic (exact) mass is 314 g/mol. The van der Waals surface area contributed by atoms with Crippen LogP contribution in [0.1, 0.15) is 25.3 Å². The van der Waals surface area contributed by atoms with Gasteiger partial charge in [-0.05, 0) is 32.0 Å². The third-order valence-corrected chi connectivity index (χ3v) is 3.73. The zero-order valence-corrected chi connectivity index (χ0v) is 13.5. The lowest BCUT2D eigenvalue weighted by Gasteiger charge is -2.28. The second kappa shape index (κ2) is 6.44.